The molecule has 0 radical (unpaired) electrons. The van der Waals surface area contributed by atoms with Crippen LogP contribution in [0.1, 0.15) is 43.9 Å². The number of rotatable bonds is 9. The number of aryl methyl sites for hydroxylation is 2. The average molecular weight is 500 g/mol. The lowest BCUT2D eigenvalue weighted by Gasteiger charge is -2.29. The Balaban J connectivity index is 2.22. The van der Waals surface area contributed by atoms with E-state index in [1.165, 1.54) is 4.90 Å². The Morgan fingerprint density at radius 3 is 2.22 bits per heavy atom. The third-order valence-corrected chi connectivity index (χ3v) is 6.61. The molecule has 5 nitrogen and oxygen atoms in total. The van der Waals surface area contributed by atoms with Crippen LogP contribution in [0.2, 0.25) is 15.1 Å². The first-order valence-corrected chi connectivity index (χ1v) is 11.6. The minimum Gasteiger partial charge on any atom is -0.484 e. The maximum Gasteiger partial charge on any atom is 0.261 e. The lowest BCUT2D eigenvalue weighted by Crippen LogP contribution is -2.50. The predicted octanol–water partition coefficient (Wildman–Crippen LogP) is 5.97. The fourth-order valence-electron chi connectivity index (χ4n) is 3.10. The summed E-state index contributed by atoms with van der Waals surface area (Å²) in [5, 5.41) is 4.41. The van der Waals surface area contributed by atoms with E-state index in [2.05, 4.69) is 5.32 Å². The van der Waals surface area contributed by atoms with Gasteiger partial charge >= 0.3 is 0 Å². The normalized spacial score (nSPS) is 12.8. The molecule has 174 valence electrons. The molecule has 0 aliphatic carbocycles. The molecule has 32 heavy (non-hydrogen) atoms. The molecule has 8 heteroatoms. The van der Waals surface area contributed by atoms with Crippen LogP contribution in [0.4, 0.5) is 0 Å². The zero-order chi connectivity index (χ0) is 24.0. The molecule has 0 unspecified atom stereocenters. The van der Waals surface area contributed by atoms with E-state index in [9.17, 15) is 9.59 Å². The van der Waals surface area contributed by atoms with Gasteiger partial charge in [-0.2, -0.15) is 0 Å². The summed E-state index contributed by atoms with van der Waals surface area (Å²) in [4.78, 5) is 27.4. The van der Waals surface area contributed by atoms with Crippen LogP contribution in [0.25, 0.3) is 0 Å². The van der Waals surface area contributed by atoms with Crippen LogP contribution in [0.3, 0.4) is 0 Å². The second-order valence-electron chi connectivity index (χ2n) is 7.92. The van der Waals surface area contributed by atoms with Gasteiger partial charge < -0.3 is 15.0 Å². The van der Waals surface area contributed by atoms with Crippen molar-refractivity contribution in [1.29, 1.82) is 0 Å². The van der Waals surface area contributed by atoms with Gasteiger partial charge in [0.05, 0.1) is 10.0 Å². The van der Waals surface area contributed by atoms with Crippen LogP contribution >= 0.6 is 34.8 Å². The Morgan fingerprint density at radius 2 is 1.66 bits per heavy atom. The summed E-state index contributed by atoms with van der Waals surface area (Å²) in [7, 11) is 0. The zero-order valence-corrected chi connectivity index (χ0v) is 21.2. The smallest absolute Gasteiger partial charge is 0.261 e. The standard InChI is InChI=1S/C24H29Cl3N2O3/c1-6-16(4)28-24(31)17(5)29(12-18-7-8-20(25)21(26)11-18)22(30)13-32-19-9-14(2)23(27)15(3)10-19/h7-11,16-17H,6,12-13H2,1-5H3,(H,28,31)/t16-,17-/m1/s1. The number of hydrogen-bond acceptors (Lipinski definition) is 3. The first kappa shape index (κ1) is 26.3. The average Bonchev–Trinajstić information content (AvgIpc) is 2.75. The minimum absolute atomic E-state index is 0.00291. The number of carbonyl (C=O) groups excluding carboxylic acids is 2. The molecule has 0 spiro atoms. The van der Waals surface area contributed by atoms with Gasteiger partial charge in [-0.1, -0.05) is 47.8 Å². The summed E-state index contributed by atoms with van der Waals surface area (Å²) in [6.07, 6.45) is 0.789. The second-order valence-corrected chi connectivity index (χ2v) is 9.12. The summed E-state index contributed by atoms with van der Waals surface area (Å²) in [6, 6.07) is 8.00. The fraction of sp³-hybridized carbons (Fsp3) is 0.417. The van der Waals surface area contributed by atoms with Crippen molar-refractivity contribution in [2.24, 2.45) is 0 Å². The molecule has 2 atom stereocenters. The molecule has 0 saturated carbocycles. The van der Waals surface area contributed by atoms with Gasteiger partial charge in [0.1, 0.15) is 11.8 Å². The second kappa shape index (κ2) is 11.8. The maximum atomic E-state index is 13.1. The molecular weight excluding hydrogens is 471 g/mol. The number of ether oxygens (including phenoxy) is 1. The third-order valence-electron chi connectivity index (χ3n) is 5.28. The molecule has 0 heterocycles. The number of benzene rings is 2. The van der Waals surface area contributed by atoms with E-state index < -0.39 is 6.04 Å². The van der Waals surface area contributed by atoms with Gasteiger partial charge in [-0.3, -0.25) is 9.59 Å². The van der Waals surface area contributed by atoms with E-state index in [0.29, 0.717) is 20.8 Å². The van der Waals surface area contributed by atoms with Gasteiger partial charge in [-0.25, -0.2) is 0 Å². The van der Waals surface area contributed by atoms with Crippen molar-refractivity contribution in [2.75, 3.05) is 6.61 Å². The van der Waals surface area contributed by atoms with Crippen molar-refractivity contribution in [1.82, 2.24) is 10.2 Å². The van der Waals surface area contributed by atoms with Crippen LogP contribution in [-0.4, -0.2) is 35.4 Å². The monoisotopic (exact) mass is 498 g/mol. The van der Waals surface area contributed by atoms with E-state index in [1.807, 2.05) is 27.7 Å². The summed E-state index contributed by atoms with van der Waals surface area (Å²) < 4.78 is 5.75. The van der Waals surface area contributed by atoms with Crippen LogP contribution in [-0.2, 0) is 16.1 Å². The highest BCUT2D eigenvalue weighted by atomic mass is 35.5. The number of nitrogens with one attached hydrogen (secondary N) is 1. The third kappa shape index (κ3) is 7.03. The van der Waals surface area contributed by atoms with Crippen LogP contribution in [0.5, 0.6) is 5.75 Å². The SMILES string of the molecule is CC[C@@H](C)NC(=O)[C@@H](C)N(Cc1ccc(Cl)c(Cl)c1)C(=O)COc1cc(C)c(Cl)c(C)c1. The number of hydrogen-bond donors (Lipinski definition) is 1. The van der Waals surface area contributed by atoms with Crippen molar-refractivity contribution in [3.05, 3.63) is 62.1 Å². The molecule has 2 aromatic rings. The van der Waals surface area contributed by atoms with Gasteiger partial charge in [-0.15, -0.1) is 0 Å². The molecule has 0 fully saturated rings. The summed E-state index contributed by atoms with van der Waals surface area (Å²) in [5.41, 5.74) is 2.49. The number of carbonyl (C=O) groups is 2. The lowest BCUT2D eigenvalue weighted by molar-refractivity contribution is -0.142. The van der Waals surface area contributed by atoms with Gasteiger partial charge in [-0.05, 0) is 75.1 Å². The van der Waals surface area contributed by atoms with Crippen LogP contribution in [0.15, 0.2) is 30.3 Å². The van der Waals surface area contributed by atoms with Crippen molar-refractivity contribution in [3.8, 4) is 5.75 Å². The highest BCUT2D eigenvalue weighted by Crippen LogP contribution is 2.26. The fourth-order valence-corrected chi connectivity index (χ4v) is 3.53. The highest BCUT2D eigenvalue weighted by Gasteiger charge is 2.27. The molecule has 1 N–H and O–H groups in total. The molecule has 0 aromatic heterocycles. The Morgan fingerprint density at radius 1 is 1.03 bits per heavy atom. The van der Waals surface area contributed by atoms with Gasteiger partial charge in [0.25, 0.3) is 5.91 Å². The highest BCUT2D eigenvalue weighted by molar-refractivity contribution is 6.42. The Bertz CT molecular complexity index is 958. The first-order chi connectivity index (χ1) is 15.0. The van der Waals surface area contributed by atoms with E-state index in [4.69, 9.17) is 39.5 Å². The Hall–Kier alpha value is -1.95. The summed E-state index contributed by atoms with van der Waals surface area (Å²) >= 11 is 18.4. The van der Waals surface area contributed by atoms with Crippen LogP contribution < -0.4 is 10.1 Å². The van der Waals surface area contributed by atoms with Crippen LogP contribution in [0, 0.1) is 13.8 Å². The Labute approximate surface area is 205 Å². The number of halogens is 3. The topological polar surface area (TPSA) is 58.6 Å². The van der Waals surface area contributed by atoms with Crippen molar-refractivity contribution in [2.45, 2.75) is 59.7 Å². The molecule has 2 aromatic carbocycles. The maximum absolute atomic E-state index is 13.1. The molecule has 0 aliphatic rings. The van der Waals surface area contributed by atoms with Gasteiger partial charge in [0, 0.05) is 17.6 Å². The first-order valence-electron chi connectivity index (χ1n) is 10.5. The molecule has 2 rings (SSSR count). The quantitative estimate of drug-likeness (QED) is 0.462. The van der Waals surface area contributed by atoms with Gasteiger partial charge in [0.2, 0.25) is 5.91 Å². The van der Waals surface area contributed by atoms with E-state index in [-0.39, 0.29) is 31.0 Å². The van der Waals surface area contributed by atoms with E-state index in [0.717, 1.165) is 23.1 Å². The number of amides is 2. The molecular formula is C24H29Cl3N2O3. The minimum atomic E-state index is -0.705. The number of nitrogens with zero attached hydrogens (tertiary/aromatic N) is 1. The van der Waals surface area contributed by atoms with Crippen molar-refractivity contribution < 1.29 is 14.3 Å². The molecule has 2 amide bonds. The molecule has 0 saturated heterocycles. The Kier molecular flexibility index (Phi) is 9.68. The molecule has 0 aliphatic heterocycles. The molecule has 0 bridgehead atoms. The lowest BCUT2D eigenvalue weighted by atomic mass is 10.1. The van der Waals surface area contributed by atoms with Gasteiger partial charge in [0.15, 0.2) is 6.61 Å². The van der Waals surface area contributed by atoms with E-state index >= 15 is 0 Å². The van der Waals surface area contributed by atoms with E-state index in [1.54, 1.807) is 37.3 Å². The predicted molar refractivity (Wildman–Crippen MR) is 131 cm³/mol. The van der Waals surface area contributed by atoms with Crippen molar-refractivity contribution >= 4 is 46.6 Å². The summed E-state index contributed by atoms with van der Waals surface area (Å²) in [5.74, 6) is -0.0111. The summed E-state index contributed by atoms with van der Waals surface area (Å²) in [6.45, 7) is 9.32. The zero-order valence-electron chi connectivity index (χ0n) is 19.0. The van der Waals surface area contributed by atoms with Crippen molar-refractivity contribution in [3.63, 3.8) is 0 Å². The largest absolute Gasteiger partial charge is 0.484 e.